The van der Waals surface area contributed by atoms with Gasteiger partial charge in [0.05, 0.1) is 11.9 Å². The van der Waals surface area contributed by atoms with Gasteiger partial charge in [-0.05, 0) is 32.4 Å². The molecule has 1 fully saturated rings. The highest BCUT2D eigenvalue weighted by molar-refractivity contribution is 6.32. The van der Waals surface area contributed by atoms with E-state index >= 15 is 0 Å². The standard InChI is InChI=1S/C11H17ClN4O/c1-16-4-2-3-8(7-16)5-13-9-6-14-15-11(17)10(9)12/h6,8H,2-5,7H2,1H3,(H2,13,15,17). The first kappa shape index (κ1) is 12.4. The molecular weight excluding hydrogens is 240 g/mol. The van der Waals surface area contributed by atoms with Gasteiger partial charge in [-0.15, -0.1) is 0 Å². The molecule has 17 heavy (non-hydrogen) atoms. The van der Waals surface area contributed by atoms with Gasteiger partial charge >= 0.3 is 0 Å². The van der Waals surface area contributed by atoms with Crippen LogP contribution in [0.2, 0.25) is 5.02 Å². The van der Waals surface area contributed by atoms with Crippen molar-refractivity contribution in [1.82, 2.24) is 15.1 Å². The van der Waals surface area contributed by atoms with Crippen molar-refractivity contribution >= 4 is 17.3 Å². The van der Waals surface area contributed by atoms with Gasteiger partial charge in [-0.1, -0.05) is 11.6 Å². The van der Waals surface area contributed by atoms with Crippen molar-refractivity contribution in [2.45, 2.75) is 12.8 Å². The van der Waals surface area contributed by atoms with E-state index in [1.54, 1.807) is 6.20 Å². The zero-order chi connectivity index (χ0) is 12.3. The maximum Gasteiger partial charge on any atom is 0.285 e. The number of nitrogens with zero attached hydrogens (tertiary/aromatic N) is 2. The Hall–Kier alpha value is -1.07. The van der Waals surface area contributed by atoms with E-state index in [1.165, 1.54) is 19.4 Å². The first-order valence-corrected chi connectivity index (χ1v) is 6.20. The summed E-state index contributed by atoms with van der Waals surface area (Å²) in [6, 6.07) is 0. The number of nitrogens with one attached hydrogen (secondary N) is 2. The van der Waals surface area contributed by atoms with E-state index in [0.717, 1.165) is 13.1 Å². The molecule has 0 saturated carbocycles. The second-order valence-electron chi connectivity index (χ2n) is 4.58. The Kier molecular flexibility index (Phi) is 4.02. The normalized spacial score (nSPS) is 21.4. The van der Waals surface area contributed by atoms with Gasteiger partial charge in [-0.25, -0.2) is 5.10 Å². The Morgan fingerprint density at radius 1 is 1.71 bits per heavy atom. The molecule has 0 spiro atoms. The van der Waals surface area contributed by atoms with E-state index in [0.29, 0.717) is 11.6 Å². The highest BCUT2D eigenvalue weighted by atomic mass is 35.5. The Bertz CT molecular complexity index is 434. The van der Waals surface area contributed by atoms with Crippen LogP contribution in [0.25, 0.3) is 0 Å². The summed E-state index contributed by atoms with van der Waals surface area (Å²) in [5.74, 6) is 0.601. The van der Waals surface area contributed by atoms with Crippen LogP contribution in [-0.2, 0) is 0 Å². The SMILES string of the molecule is CN1CCCC(CNc2cn[nH]c(=O)c2Cl)C1. The molecule has 2 rings (SSSR count). The van der Waals surface area contributed by atoms with E-state index < -0.39 is 0 Å². The van der Waals surface area contributed by atoms with Crippen LogP contribution in [0, 0.1) is 5.92 Å². The van der Waals surface area contributed by atoms with Crippen LogP contribution in [0.15, 0.2) is 11.0 Å². The molecule has 5 nitrogen and oxygen atoms in total. The van der Waals surface area contributed by atoms with Gasteiger partial charge in [-0.2, -0.15) is 5.10 Å². The Labute approximate surface area is 105 Å². The molecule has 0 aliphatic carbocycles. The number of H-pyrrole nitrogens is 1. The monoisotopic (exact) mass is 256 g/mol. The summed E-state index contributed by atoms with van der Waals surface area (Å²) in [5, 5.41) is 9.42. The molecule has 1 unspecified atom stereocenters. The Morgan fingerprint density at radius 3 is 3.29 bits per heavy atom. The fourth-order valence-corrected chi connectivity index (χ4v) is 2.36. The minimum atomic E-state index is -0.350. The molecule has 1 aliphatic rings. The second kappa shape index (κ2) is 5.51. The van der Waals surface area contributed by atoms with Crippen LogP contribution in [0.5, 0.6) is 0 Å². The topological polar surface area (TPSA) is 61.0 Å². The van der Waals surface area contributed by atoms with Crippen LogP contribution in [-0.4, -0.2) is 41.8 Å². The van der Waals surface area contributed by atoms with Gasteiger partial charge in [0.15, 0.2) is 0 Å². The minimum absolute atomic E-state index is 0.184. The Morgan fingerprint density at radius 2 is 2.53 bits per heavy atom. The maximum atomic E-state index is 11.2. The first-order chi connectivity index (χ1) is 8.16. The predicted molar refractivity (Wildman–Crippen MR) is 68.6 cm³/mol. The first-order valence-electron chi connectivity index (χ1n) is 5.82. The fourth-order valence-electron chi connectivity index (χ4n) is 2.20. The number of aromatic nitrogens is 2. The van der Waals surface area contributed by atoms with Gasteiger partial charge in [0.25, 0.3) is 5.56 Å². The van der Waals surface area contributed by atoms with Crippen molar-refractivity contribution in [2.75, 3.05) is 32.0 Å². The van der Waals surface area contributed by atoms with E-state index in [1.807, 2.05) is 0 Å². The molecule has 2 heterocycles. The fraction of sp³-hybridized carbons (Fsp3) is 0.636. The second-order valence-corrected chi connectivity index (χ2v) is 4.96. The summed E-state index contributed by atoms with van der Waals surface area (Å²) in [6.07, 6.45) is 3.99. The van der Waals surface area contributed by atoms with E-state index in [4.69, 9.17) is 11.6 Å². The van der Waals surface area contributed by atoms with Crippen LogP contribution in [0.4, 0.5) is 5.69 Å². The van der Waals surface area contributed by atoms with Crippen LogP contribution >= 0.6 is 11.6 Å². The molecule has 1 saturated heterocycles. The number of anilines is 1. The van der Waals surface area contributed by atoms with Gasteiger partial charge < -0.3 is 10.2 Å². The molecule has 94 valence electrons. The van der Waals surface area contributed by atoms with Crippen LogP contribution in [0.3, 0.4) is 0 Å². The van der Waals surface area contributed by atoms with Gasteiger partial charge in [0.2, 0.25) is 0 Å². The predicted octanol–water partition coefficient (Wildman–Crippen LogP) is 1.18. The number of rotatable bonds is 3. The molecule has 2 N–H and O–H groups in total. The van der Waals surface area contributed by atoms with Gasteiger partial charge in [0, 0.05) is 13.1 Å². The molecule has 1 aliphatic heterocycles. The summed E-state index contributed by atoms with van der Waals surface area (Å²) < 4.78 is 0. The van der Waals surface area contributed by atoms with E-state index in [-0.39, 0.29) is 10.6 Å². The Balaban J connectivity index is 1.93. The average Bonchev–Trinajstić information content (AvgIpc) is 2.31. The van der Waals surface area contributed by atoms with E-state index in [2.05, 4.69) is 27.5 Å². The van der Waals surface area contributed by atoms with Crippen molar-refractivity contribution in [3.8, 4) is 0 Å². The third kappa shape index (κ3) is 3.20. The summed E-state index contributed by atoms with van der Waals surface area (Å²) in [5.41, 5.74) is 0.265. The lowest BCUT2D eigenvalue weighted by molar-refractivity contribution is 0.217. The highest BCUT2D eigenvalue weighted by Crippen LogP contribution is 2.18. The number of likely N-dealkylation sites (tertiary alicyclic amines) is 1. The van der Waals surface area contributed by atoms with Gasteiger partial charge in [0.1, 0.15) is 5.02 Å². The number of halogens is 1. The lowest BCUT2D eigenvalue weighted by Gasteiger charge is -2.29. The summed E-state index contributed by atoms with van der Waals surface area (Å²) in [4.78, 5) is 13.6. The minimum Gasteiger partial charge on any atom is -0.382 e. The smallest absolute Gasteiger partial charge is 0.285 e. The molecule has 1 atom stereocenters. The molecule has 0 aromatic carbocycles. The quantitative estimate of drug-likeness (QED) is 0.853. The maximum absolute atomic E-state index is 11.2. The van der Waals surface area contributed by atoms with Crippen LogP contribution < -0.4 is 10.9 Å². The van der Waals surface area contributed by atoms with Crippen molar-refractivity contribution in [1.29, 1.82) is 0 Å². The molecule has 1 aromatic heterocycles. The van der Waals surface area contributed by atoms with Crippen molar-refractivity contribution in [3.05, 3.63) is 21.6 Å². The average molecular weight is 257 g/mol. The van der Waals surface area contributed by atoms with Crippen LogP contribution in [0.1, 0.15) is 12.8 Å². The zero-order valence-corrected chi connectivity index (χ0v) is 10.6. The summed E-state index contributed by atoms with van der Waals surface area (Å²) >= 11 is 5.88. The molecule has 0 bridgehead atoms. The molecular formula is C11H17ClN4O. The van der Waals surface area contributed by atoms with Crippen molar-refractivity contribution < 1.29 is 0 Å². The number of piperidine rings is 1. The molecule has 6 heteroatoms. The number of hydrogen-bond donors (Lipinski definition) is 2. The number of hydrogen-bond acceptors (Lipinski definition) is 4. The molecule has 0 radical (unpaired) electrons. The zero-order valence-electron chi connectivity index (χ0n) is 9.87. The van der Waals surface area contributed by atoms with Crippen molar-refractivity contribution in [3.63, 3.8) is 0 Å². The molecule has 1 aromatic rings. The lowest BCUT2D eigenvalue weighted by atomic mass is 9.98. The number of aromatic amines is 1. The van der Waals surface area contributed by atoms with E-state index in [9.17, 15) is 4.79 Å². The highest BCUT2D eigenvalue weighted by Gasteiger charge is 2.17. The summed E-state index contributed by atoms with van der Waals surface area (Å²) in [7, 11) is 2.13. The third-order valence-corrected chi connectivity index (χ3v) is 3.47. The van der Waals surface area contributed by atoms with Gasteiger partial charge in [-0.3, -0.25) is 4.79 Å². The lowest BCUT2D eigenvalue weighted by Crippen LogP contribution is -2.35. The summed E-state index contributed by atoms with van der Waals surface area (Å²) in [6.45, 7) is 3.08. The third-order valence-electron chi connectivity index (χ3n) is 3.10. The van der Waals surface area contributed by atoms with Crippen molar-refractivity contribution in [2.24, 2.45) is 5.92 Å². The molecule has 0 amide bonds. The largest absolute Gasteiger partial charge is 0.382 e.